The molecule has 0 amide bonds. The smallest absolute Gasteiger partial charge is 0.170 e. The average Bonchev–Trinajstić information content (AvgIpc) is 2.46. The van der Waals surface area contributed by atoms with E-state index in [1.54, 1.807) is 18.2 Å². The van der Waals surface area contributed by atoms with Gasteiger partial charge in [0, 0.05) is 11.0 Å². The lowest BCUT2D eigenvalue weighted by molar-refractivity contribution is -0.125. The summed E-state index contributed by atoms with van der Waals surface area (Å²) in [6, 6.07) is 5.05. The summed E-state index contributed by atoms with van der Waals surface area (Å²) in [6.45, 7) is 8.15. The van der Waals surface area contributed by atoms with Crippen LogP contribution in [0.5, 0.6) is 11.5 Å². The summed E-state index contributed by atoms with van der Waals surface area (Å²) in [5.74, 6) is 0.873. The Bertz CT molecular complexity index is 526. The molecule has 0 saturated carbocycles. The standard InChI is InChI=1S/C18H26O4/c1-6-7-10-22-15-9-8-13(11-16(15)21-5)14(19)12-17(20)18(2,3)4/h8-9,11H,6-7,10,12H2,1-5H3. The molecule has 122 valence electrons. The SMILES string of the molecule is CCCCOc1ccc(C(=O)CC(=O)C(C)(C)C)cc1OC. The largest absolute Gasteiger partial charge is 0.493 e. The van der Waals surface area contributed by atoms with Gasteiger partial charge in [-0.1, -0.05) is 34.1 Å². The zero-order chi connectivity index (χ0) is 16.8. The highest BCUT2D eigenvalue weighted by atomic mass is 16.5. The number of methoxy groups -OCH3 is 1. The van der Waals surface area contributed by atoms with Gasteiger partial charge in [-0.3, -0.25) is 9.59 Å². The van der Waals surface area contributed by atoms with Gasteiger partial charge in [0.1, 0.15) is 5.78 Å². The lowest BCUT2D eigenvalue weighted by atomic mass is 9.87. The Hall–Kier alpha value is -1.84. The number of ketones is 2. The van der Waals surface area contributed by atoms with Crippen molar-refractivity contribution in [3.63, 3.8) is 0 Å². The van der Waals surface area contributed by atoms with Crippen LogP contribution in [0.15, 0.2) is 18.2 Å². The number of rotatable bonds is 8. The second-order valence-electron chi connectivity index (χ2n) is 6.34. The third kappa shape index (κ3) is 5.17. The predicted molar refractivity (Wildman–Crippen MR) is 86.8 cm³/mol. The number of benzene rings is 1. The van der Waals surface area contributed by atoms with Gasteiger partial charge >= 0.3 is 0 Å². The van der Waals surface area contributed by atoms with Crippen molar-refractivity contribution in [1.29, 1.82) is 0 Å². The molecule has 22 heavy (non-hydrogen) atoms. The molecule has 1 aromatic carbocycles. The number of ether oxygens (including phenoxy) is 2. The minimum atomic E-state index is -0.511. The summed E-state index contributed by atoms with van der Waals surface area (Å²) in [4.78, 5) is 24.2. The van der Waals surface area contributed by atoms with E-state index >= 15 is 0 Å². The van der Waals surface area contributed by atoms with Gasteiger partial charge < -0.3 is 9.47 Å². The van der Waals surface area contributed by atoms with E-state index < -0.39 is 5.41 Å². The summed E-state index contributed by atoms with van der Waals surface area (Å²) in [5.41, 5.74) is -0.0412. The molecule has 0 atom stereocenters. The van der Waals surface area contributed by atoms with Crippen LogP contribution >= 0.6 is 0 Å². The molecule has 4 nitrogen and oxygen atoms in total. The van der Waals surface area contributed by atoms with Gasteiger partial charge in [-0.05, 0) is 24.6 Å². The molecule has 0 unspecified atom stereocenters. The molecular formula is C18H26O4. The highest BCUT2D eigenvalue weighted by Crippen LogP contribution is 2.29. The van der Waals surface area contributed by atoms with Gasteiger partial charge in [0.25, 0.3) is 0 Å². The molecule has 4 heteroatoms. The Morgan fingerprint density at radius 1 is 1.14 bits per heavy atom. The fraction of sp³-hybridized carbons (Fsp3) is 0.556. The number of hydrogen-bond donors (Lipinski definition) is 0. The van der Waals surface area contributed by atoms with E-state index in [0.717, 1.165) is 12.8 Å². The number of unbranched alkanes of at least 4 members (excludes halogenated alkanes) is 1. The van der Waals surface area contributed by atoms with Crippen LogP contribution in [0.25, 0.3) is 0 Å². The Balaban J connectivity index is 2.84. The van der Waals surface area contributed by atoms with Crippen molar-refractivity contribution < 1.29 is 19.1 Å². The number of carbonyl (C=O) groups excluding carboxylic acids is 2. The van der Waals surface area contributed by atoms with Gasteiger partial charge in [-0.25, -0.2) is 0 Å². The van der Waals surface area contributed by atoms with Crippen LogP contribution in [0.2, 0.25) is 0 Å². The van der Waals surface area contributed by atoms with Crippen molar-refractivity contribution in [1.82, 2.24) is 0 Å². The van der Waals surface area contributed by atoms with Crippen molar-refractivity contribution in [2.24, 2.45) is 5.41 Å². The first-order valence-corrected chi connectivity index (χ1v) is 7.67. The Labute approximate surface area is 132 Å². The van der Waals surface area contributed by atoms with Crippen molar-refractivity contribution >= 4 is 11.6 Å². The molecule has 1 rings (SSSR count). The molecule has 0 fully saturated rings. The van der Waals surface area contributed by atoms with E-state index in [1.807, 2.05) is 20.8 Å². The van der Waals surface area contributed by atoms with E-state index in [-0.39, 0.29) is 18.0 Å². The average molecular weight is 306 g/mol. The fourth-order valence-electron chi connectivity index (χ4n) is 1.80. The molecule has 0 heterocycles. The fourth-order valence-corrected chi connectivity index (χ4v) is 1.80. The van der Waals surface area contributed by atoms with Crippen LogP contribution in [0, 0.1) is 5.41 Å². The number of carbonyl (C=O) groups is 2. The van der Waals surface area contributed by atoms with Crippen LogP contribution in [0.3, 0.4) is 0 Å². The third-order valence-electron chi connectivity index (χ3n) is 3.40. The van der Waals surface area contributed by atoms with E-state index in [2.05, 4.69) is 6.92 Å². The summed E-state index contributed by atoms with van der Waals surface area (Å²) in [7, 11) is 1.54. The van der Waals surface area contributed by atoms with Gasteiger partial charge in [-0.2, -0.15) is 0 Å². The minimum Gasteiger partial charge on any atom is -0.493 e. The summed E-state index contributed by atoms with van der Waals surface area (Å²) in [6.07, 6.45) is 1.92. The maximum absolute atomic E-state index is 12.2. The van der Waals surface area contributed by atoms with E-state index in [9.17, 15) is 9.59 Å². The van der Waals surface area contributed by atoms with Gasteiger partial charge in [-0.15, -0.1) is 0 Å². The first-order chi connectivity index (χ1) is 10.3. The molecule has 0 aliphatic heterocycles. The van der Waals surface area contributed by atoms with Gasteiger partial charge in [0.2, 0.25) is 0 Å². The lowest BCUT2D eigenvalue weighted by Gasteiger charge is -2.16. The normalized spacial score (nSPS) is 11.1. The quantitative estimate of drug-likeness (QED) is 0.413. The maximum Gasteiger partial charge on any atom is 0.170 e. The second-order valence-corrected chi connectivity index (χ2v) is 6.34. The van der Waals surface area contributed by atoms with E-state index in [0.29, 0.717) is 23.7 Å². The predicted octanol–water partition coefficient (Wildman–Crippen LogP) is 4.06. The zero-order valence-electron chi connectivity index (χ0n) is 14.2. The second kappa shape index (κ2) is 7.97. The van der Waals surface area contributed by atoms with Crippen LogP contribution in [0.4, 0.5) is 0 Å². The van der Waals surface area contributed by atoms with Crippen molar-refractivity contribution in [3.05, 3.63) is 23.8 Å². The first kappa shape index (κ1) is 18.2. The molecule has 0 N–H and O–H groups in total. The van der Waals surface area contributed by atoms with Crippen LogP contribution < -0.4 is 9.47 Å². The highest BCUT2D eigenvalue weighted by molar-refractivity contribution is 6.09. The molecular weight excluding hydrogens is 280 g/mol. The Morgan fingerprint density at radius 3 is 2.36 bits per heavy atom. The maximum atomic E-state index is 12.2. The van der Waals surface area contributed by atoms with Crippen LogP contribution in [0.1, 0.15) is 57.3 Å². The summed E-state index contributed by atoms with van der Waals surface area (Å²) < 4.78 is 10.9. The number of hydrogen-bond acceptors (Lipinski definition) is 4. The summed E-state index contributed by atoms with van der Waals surface area (Å²) >= 11 is 0. The highest BCUT2D eigenvalue weighted by Gasteiger charge is 2.24. The van der Waals surface area contributed by atoms with Crippen molar-refractivity contribution in [3.8, 4) is 11.5 Å². The van der Waals surface area contributed by atoms with Crippen molar-refractivity contribution in [2.45, 2.75) is 47.0 Å². The van der Waals surface area contributed by atoms with Crippen LogP contribution in [-0.4, -0.2) is 25.3 Å². The van der Waals surface area contributed by atoms with E-state index in [4.69, 9.17) is 9.47 Å². The first-order valence-electron chi connectivity index (χ1n) is 7.67. The summed E-state index contributed by atoms with van der Waals surface area (Å²) in [5, 5.41) is 0. The molecule has 0 aliphatic carbocycles. The molecule has 0 radical (unpaired) electrons. The van der Waals surface area contributed by atoms with Gasteiger partial charge in [0.15, 0.2) is 17.3 Å². The topological polar surface area (TPSA) is 52.6 Å². The third-order valence-corrected chi connectivity index (χ3v) is 3.40. The van der Waals surface area contributed by atoms with Gasteiger partial charge in [0.05, 0.1) is 20.1 Å². The minimum absolute atomic E-state index is 0.0697. The molecule has 0 aliphatic rings. The Kier molecular flexibility index (Phi) is 6.60. The van der Waals surface area contributed by atoms with Crippen molar-refractivity contribution in [2.75, 3.05) is 13.7 Å². The van der Waals surface area contributed by atoms with E-state index in [1.165, 1.54) is 7.11 Å². The zero-order valence-corrected chi connectivity index (χ0v) is 14.2. The molecule has 0 saturated heterocycles. The number of Topliss-reactive ketones (excluding diaryl/α,β-unsaturated/α-hetero) is 2. The lowest BCUT2D eigenvalue weighted by Crippen LogP contribution is -2.23. The molecule has 0 bridgehead atoms. The molecule has 0 aromatic heterocycles. The Morgan fingerprint density at radius 2 is 1.82 bits per heavy atom. The molecule has 1 aromatic rings. The monoisotopic (exact) mass is 306 g/mol. The molecule has 0 spiro atoms. The van der Waals surface area contributed by atoms with Crippen LogP contribution in [-0.2, 0) is 4.79 Å².